The van der Waals surface area contributed by atoms with Gasteiger partial charge in [-0.3, -0.25) is 4.79 Å². The highest BCUT2D eigenvalue weighted by atomic mass is 32.2. The molecule has 0 radical (unpaired) electrons. The van der Waals surface area contributed by atoms with Gasteiger partial charge in [-0.15, -0.1) is 0 Å². The molecule has 0 bridgehead atoms. The van der Waals surface area contributed by atoms with Crippen LogP contribution >= 0.6 is 0 Å². The molecule has 7 heteroatoms. The smallest absolute Gasteiger partial charge is 0.254 e. The van der Waals surface area contributed by atoms with Gasteiger partial charge in [0, 0.05) is 24.2 Å². The van der Waals surface area contributed by atoms with E-state index in [1.54, 1.807) is 4.90 Å². The minimum Gasteiger partial charge on any atom is -0.339 e. The summed E-state index contributed by atoms with van der Waals surface area (Å²) >= 11 is 0. The van der Waals surface area contributed by atoms with Crippen molar-refractivity contribution in [3.05, 3.63) is 29.1 Å². The van der Waals surface area contributed by atoms with E-state index < -0.39 is 15.8 Å². The molecule has 1 aromatic rings. The number of likely N-dealkylation sites (tertiary alicyclic amines) is 1. The lowest BCUT2D eigenvalue weighted by molar-refractivity contribution is 0.0792. The van der Waals surface area contributed by atoms with E-state index in [9.17, 15) is 17.6 Å². The monoisotopic (exact) mass is 286 g/mol. The van der Waals surface area contributed by atoms with Crippen molar-refractivity contribution in [2.45, 2.75) is 24.7 Å². The van der Waals surface area contributed by atoms with Crippen molar-refractivity contribution in [2.24, 2.45) is 5.14 Å². The predicted molar refractivity (Wildman–Crippen MR) is 67.6 cm³/mol. The Labute approximate surface area is 111 Å². The van der Waals surface area contributed by atoms with Crippen molar-refractivity contribution in [1.29, 1.82) is 0 Å². The highest BCUT2D eigenvalue weighted by molar-refractivity contribution is 7.89. The van der Waals surface area contributed by atoms with E-state index in [1.165, 1.54) is 6.92 Å². The van der Waals surface area contributed by atoms with E-state index >= 15 is 0 Å². The summed E-state index contributed by atoms with van der Waals surface area (Å²) in [6.45, 7) is 2.54. The molecule has 1 aromatic carbocycles. The quantitative estimate of drug-likeness (QED) is 0.881. The van der Waals surface area contributed by atoms with Gasteiger partial charge in [0.2, 0.25) is 10.0 Å². The second kappa shape index (κ2) is 4.90. The van der Waals surface area contributed by atoms with E-state index in [0.717, 1.165) is 25.0 Å². The number of carbonyl (C=O) groups excluding carboxylic acids is 1. The molecule has 1 saturated heterocycles. The molecule has 0 aliphatic carbocycles. The Bertz CT molecular complexity index is 622. The molecule has 0 atom stereocenters. The molecule has 1 aliphatic rings. The zero-order chi connectivity index (χ0) is 14.2. The Hall–Kier alpha value is -1.47. The van der Waals surface area contributed by atoms with Crippen LogP contribution in [0.15, 0.2) is 17.0 Å². The van der Waals surface area contributed by atoms with Crippen LogP contribution in [0.25, 0.3) is 0 Å². The first-order valence-corrected chi connectivity index (χ1v) is 7.47. The molecule has 1 heterocycles. The number of rotatable bonds is 2. The molecule has 1 amide bonds. The van der Waals surface area contributed by atoms with Crippen molar-refractivity contribution in [1.82, 2.24) is 4.90 Å². The van der Waals surface area contributed by atoms with Gasteiger partial charge in [0.05, 0.1) is 4.90 Å². The summed E-state index contributed by atoms with van der Waals surface area (Å²) < 4.78 is 36.5. The van der Waals surface area contributed by atoms with Crippen LogP contribution in [0.3, 0.4) is 0 Å². The highest BCUT2D eigenvalue weighted by Crippen LogP contribution is 2.21. The Morgan fingerprint density at radius 3 is 2.42 bits per heavy atom. The van der Waals surface area contributed by atoms with Crippen LogP contribution in [0, 0.1) is 12.7 Å². The summed E-state index contributed by atoms with van der Waals surface area (Å²) in [6, 6.07) is 2.21. The van der Waals surface area contributed by atoms with Crippen LogP contribution in [0.4, 0.5) is 4.39 Å². The summed E-state index contributed by atoms with van der Waals surface area (Å²) in [7, 11) is -4.05. The topological polar surface area (TPSA) is 80.5 Å². The number of sulfonamides is 1. The van der Waals surface area contributed by atoms with E-state index in [4.69, 9.17) is 5.14 Å². The van der Waals surface area contributed by atoms with Crippen LogP contribution in [0.2, 0.25) is 0 Å². The fourth-order valence-corrected chi connectivity index (χ4v) is 2.99. The predicted octanol–water partition coefficient (Wildman–Crippen LogP) is 1.02. The number of hydrogen-bond acceptors (Lipinski definition) is 3. The number of primary sulfonamides is 1. The standard InChI is InChI=1S/C12H15FN2O3S/c1-8-10(13)6-9(7-11(8)19(14,17)18)12(16)15-4-2-3-5-15/h6-7H,2-5H2,1H3,(H2,14,17,18). The van der Waals surface area contributed by atoms with Gasteiger partial charge >= 0.3 is 0 Å². The lowest BCUT2D eigenvalue weighted by Gasteiger charge is -2.16. The maximum absolute atomic E-state index is 13.7. The summed E-state index contributed by atoms with van der Waals surface area (Å²) in [5, 5.41) is 5.03. The van der Waals surface area contributed by atoms with Gasteiger partial charge in [-0.2, -0.15) is 0 Å². The zero-order valence-corrected chi connectivity index (χ0v) is 11.3. The van der Waals surface area contributed by atoms with Gasteiger partial charge in [0.1, 0.15) is 5.82 Å². The third-order valence-corrected chi connectivity index (χ3v) is 4.28. The van der Waals surface area contributed by atoms with Gasteiger partial charge in [-0.1, -0.05) is 0 Å². The number of hydrogen-bond donors (Lipinski definition) is 1. The minimum absolute atomic E-state index is 0.0222. The highest BCUT2D eigenvalue weighted by Gasteiger charge is 2.23. The number of amides is 1. The maximum Gasteiger partial charge on any atom is 0.254 e. The average Bonchev–Trinajstić information content (AvgIpc) is 2.83. The third-order valence-electron chi connectivity index (χ3n) is 3.24. The molecule has 0 spiro atoms. The molecule has 5 nitrogen and oxygen atoms in total. The average molecular weight is 286 g/mol. The number of nitrogens with zero attached hydrogens (tertiary/aromatic N) is 1. The molecular formula is C12H15FN2O3S. The molecule has 0 aromatic heterocycles. The molecule has 1 aliphatic heterocycles. The molecule has 19 heavy (non-hydrogen) atoms. The molecular weight excluding hydrogens is 271 g/mol. The van der Waals surface area contributed by atoms with Crippen molar-refractivity contribution in [3.63, 3.8) is 0 Å². The summed E-state index contributed by atoms with van der Waals surface area (Å²) in [6.07, 6.45) is 1.81. The van der Waals surface area contributed by atoms with Gasteiger partial charge in [-0.05, 0) is 31.9 Å². The maximum atomic E-state index is 13.7. The first kappa shape index (κ1) is 14.0. The summed E-state index contributed by atoms with van der Waals surface area (Å²) in [4.78, 5) is 13.4. The largest absolute Gasteiger partial charge is 0.339 e. The Morgan fingerprint density at radius 2 is 1.89 bits per heavy atom. The van der Waals surface area contributed by atoms with E-state index in [2.05, 4.69) is 0 Å². The first-order chi connectivity index (χ1) is 8.80. The first-order valence-electron chi connectivity index (χ1n) is 5.93. The number of carbonyl (C=O) groups is 1. The molecule has 0 saturated carbocycles. The zero-order valence-electron chi connectivity index (χ0n) is 10.5. The summed E-state index contributed by atoms with van der Waals surface area (Å²) in [5.41, 5.74) is -0.0468. The Balaban J connectivity index is 2.48. The SMILES string of the molecule is Cc1c(F)cc(C(=O)N2CCCC2)cc1S(N)(=O)=O. The van der Waals surface area contributed by atoms with E-state index in [1.807, 2.05) is 0 Å². The van der Waals surface area contributed by atoms with Gasteiger partial charge < -0.3 is 4.90 Å². The van der Waals surface area contributed by atoms with Crippen molar-refractivity contribution < 1.29 is 17.6 Å². The van der Waals surface area contributed by atoms with Gasteiger partial charge in [0.25, 0.3) is 5.91 Å². The van der Waals surface area contributed by atoms with Gasteiger partial charge in [-0.25, -0.2) is 17.9 Å². The fourth-order valence-electron chi connectivity index (χ4n) is 2.18. The van der Waals surface area contributed by atoms with Crippen LogP contribution in [-0.4, -0.2) is 32.3 Å². The van der Waals surface area contributed by atoms with Crippen molar-refractivity contribution >= 4 is 15.9 Å². The fraction of sp³-hybridized carbons (Fsp3) is 0.417. The number of benzene rings is 1. The van der Waals surface area contributed by atoms with Crippen molar-refractivity contribution in [3.8, 4) is 0 Å². The van der Waals surface area contributed by atoms with E-state index in [0.29, 0.717) is 13.1 Å². The number of nitrogens with two attached hydrogens (primary N) is 1. The lowest BCUT2D eigenvalue weighted by Crippen LogP contribution is -2.28. The van der Waals surface area contributed by atoms with Crippen LogP contribution in [0.1, 0.15) is 28.8 Å². The number of halogens is 1. The van der Waals surface area contributed by atoms with Gasteiger partial charge in [0.15, 0.2) is 0 Å². The molecule has 2 N–H and O–H groups in total. The second-order valence-corrected chi connectivity index (χ2v) is 6.16. The normalized spacial score (nSPS) is 15.8. The van der Waals surface area contributed by atoms with Crippen molar-refractivity contribution in [2.75, 3.05) is 13.1 Å². The third kappa shape index (κ3) is 2.76. The van der Waals surface area contributed by atoms with Crippen LogP contribution in [0.5, 0.6) is 0 Å². The van der Waals surface area contributed by atoms with Crippen LogP contribution < -0.4 is 5.14 Å². The van der Waals surface area contributed by atoms with E-state index in [-0.39, 0.29) is 21.9 Å². The Morgan fingerprint density at radius 1 is 1.32 bits per heavy atom. The second-order valence-electron chi connectivity index (χ2n) is 4.63. The molecule has 104 valence electrons. The Kier molecular flexibility index (Phi) is 3.60. The van der Waals surface area contributed by atoms with Crippen LogP contribution in [-0.2, 0) is 10.0 Å². The molecule has 0 unspecified atom stereocenters. The lowest BCUT2D eigenvalue weighted by atomic mass is 10.1. The summed E-state index contributed by atoms with van der Waals surface area (Å²) in [5.74, 6) is -1.10. The molecule has 1 fully saturated rings. The minimum atomic E-state index is -4.05. The molecule has 2 rings (SSSR count).